The summed E-state index contributed by atoms with van der Waals surface area (Å²) in [5, 5.41) is 8.71. The van der Waals surface area contributed by atoms with Crippen LogP contribution in [0.4, 0.5) is 0 Å². The normalized spacial score (nSPS) is 11.7. The highest BCUT2D eigenvalue weighted by atomic mass is 15.1. The van der Waals surface area contributed by atoms with Crippen molar-refractivity contribution in [1.29, 1.82) is 0 Å². The third kappa shape index (κ3) is 10.3. The topological polar surface area (TPSA) is 125 Å². The molecule has 0 fully saturated rings. The summed E-state index contributed by atoms with van der Waals surface area (Å²) in [7, 11) is 0. The van der Waals surface area contributed by atoms with Crippen molar-refractivity contribution in [1.82, 2.24) is 53.7 Å². The molecule has 0 radical (unpaired) electrons. The number of hydrogen-bond acceptors (Lipinski definition) is 9. The van der Waals surface area contributed by atoms with Gasteiger partial charge in [-0.25, -0.2) is 39.9 Å². The SMILES string of the molecule is c1ccc(-c2cccc(-c3nc(-c4ccc(-c5nc6c(nc7cc(-c8ccc9ccc(-c%10cc(-c%11ccc(-c%12ccc(-c%13nc%14c(nc%15ccccn%15%14)c%14ccccc%13%14)cc%12)cc%11)nc(-c%11ccc%12ccccc%12c%11)n%10)cc9c8)ccn76)c6ccccc56)cc4)cc(-c4ccccn4)n3)c2)cc1. The van der Waals surface area contributed by atoms with Crippen molar-refractivity contribution in [3.8, 4) is 124 Å². The molecule has 0 amide bonds. The van der Waals surface area contributed by atoms with E-state index in [1.807, 2.05) is 54.7 Å². The second kappa shape index (κ2) is 23.9. The molecule has 9 aromatic heterocycles. The standard InChI is InChI=1S/C91H55N11/c1-2-15-56(16-3-1)66-19-14-20-70(49-66)88-94-79(55-81(96-88)77-25-10-12-46-92-77)62-36-40-64(41-37-62)85-74-22-7-9-24-76(74)87-91(100-85)102-48-45-68(53-83(102)98-87)67-42-31-60-32-43-69(52-72(60)51-67)80-54-78(93-89(95-80)71-44-33-57-17-4-5-18-65(57)50-71)61-34-27-58(28-35-61)59-29-38-63(39-30-59)84-73-21-6-8-23-75(73)86-90(99-84)101-47-13-11-26-82(101)97-86/h1-55H. The van der Waals surface area contributed by atoms with E-state index in [-0.39, 0.29) is 0 Å². The molecular weight excluding hydrogens is 1250 g/mol. The highest BCUT2D eigenvalue weighted by Crippen LogP contribution is 2.40. The molecular formula is C91H55N11. The van der Waals surface area contributed by atoms with E-state index in [4.69, 9.17) is 39.9 Å². The van der Waals surface area contributed by atoms with Gasteiger partial charge in [0.1, 0.15) is 22.3 Å². The van der Waals surface area contributed by atoms with Gasteiger partial charge in [-0.15, -0.1) is 0 Å². The summed E-state index contributed by atoms with van der Waals surface area (Å²) in [5.41, 5.74) is 24.2. The van der Waals surface area contributed by atoms with Crippen LogP contribution < -0.4 is 0 Å². The lowest BCUT2D eigenvalue weighted by Crippen LogP contribution is -1.97. The Morgan fingerprint density at radius 1 is 0.206 bits per heavy atom. The van der Waals surface area contributed by atoms with Crippen LogP contribution in [0.3, 0.4) is 0 Å². The van der Waals surface area contributed by atoms with Crippen LogP contribution in [-0.2, 0) is 0 Å². The van der Waals surface area contributed by atoms with E-state index in [0.29, 0.717) is 11.6 Å². The van der Waals surface area contributed by atoms with Gasteiger partial charge < -0.3 is 0 Å². The largest absolute Gasteiger partial charge is 0.284 e. The lowest BCUT2D eigenvalue weighted by Gasteiger charge is -2.12. The van der Waals surface area contributed by atoms with E-state index in [1.54, 1.807) is 6.20 Å². The first kappa shape index (κ1) is 58.1. The molecule has 0 N–H and O–H groups in total. The van der Waals surface area contributed by atoms with Gasteiger partial charge in [-0.3, -0.25) is 13.8 Å². The Morgan fingerprint density at radius 2 is 0.647 bits per heavy atom. The third-order valence-electron chi connectivity index (χ3n) is 19.6. The van der Waals surface area contributed by atoms with Crippen LogP contribution in [0.25, 0.3) is 201 Å². The van der Waals surface area contributed by atoms with E-state index >= 15 is 0 Å². The van der Waals surface area contributed by atoms with Crippen molar-refractivity contribution < 1.29 is 0 Å². The number of nitrogens with zero attached hydrogens (tertiary/aromatic N) is 11. The Kier molecular flexibility index (Phi) is 13.6. The van der Waals surface area contributed by atoms with E-state index < -0.39 is 0 Å². The monoisotopic (exact) mass is 1300 g/mol. The van der Waals surface area contributed by atoms with Crippen molar-refractivity contribution in [3.63, 3.8) is 0 Å². The van der Waals surface area contributed by atoms with Gasteiger partial charge in [-0.05, 0) is 128 Å². The fourth-order valence-electron chi connectivity index (χ4n) is 14.4. The molecule has 0 aliphatic heterocycles. The average Bonchev–Trinajstić information content (AvgIpc) is 1.56. The molecule has 102 heavy (non-hydrogen) atoms. The van der Waals surface area contributed by atoms with Crippen molar-refractivity contribution in [2.45, 2.75) is 0 Å². The van der Waals surface area contributed by atoms with E-state index in [1.165, 1.54) is 0 Å². The second-order valence-electron chi connectivity index (χ2n) is 25.8. The number of imidazole rings is 2. The smallest absolute Gasteiger partial charge is 0.165 e. The number of benzene rings is 11. The predicted octanol–water partition coefficient (Wildman–Crippen LogP) is 22.0. The summed E-state index contributed by atoms with van der Waals surface area (Å²) < 4.78 is 4.17. The van der Waals surface area contributed by atoms with E-state index in [2.05, 4.69) is 287 Å². The maximum Gasteiger partial charge on any atom is 0.165 e. The Balaban J connectivity index is 0.616. The van der Waals surface area contributed by atoms with Crippen LogP contribution in [0, 0.1) is 0 Å². The predicted molar refractivity (Wildman–Crippen MR) is 413 cm³/mol. The van der Waals surface area contributed by atoms with E-state index in [9.17, 15) is 0 Å². The van der Waals surface area contributed by atoms with Crippen LogP contribution in [0.2, 0.25) is 0 Å². The first-order valence-corrected chi connectivity index (χ1v) is 34.0. The summed E-state index contributed by atoms with van der Waals surface area (Å²) in [6.07, 6.45) is 5.92. The van der Waals surface area contributed by atoms with E-state index in [0.717, 1.165) is 189 Å². The van der Waals surface area contributed by atoms with Crippen molar-refractivity contribution in [2.24, 2.45) is 0 Å². The van der Waals surface area contributed by atoms with Gasteiger partial charge in [0.05, 0.1) is 39.9 Å². The molecule has 0 saturated carbocycles. The highest BCUT2D eigenvalue weighted by molar-refractivity contribution is 6.11. The minimum Gasteiger partial charge on any atom is -0.284 e. The number of hydrogen-bond donors (Lipinski definition) is 0. The Labute approximate surface area is 584 Å². The van der Waals surface area contributed by atoms with Gasteiger partial charge >= 0.3 is 0 Å². The Morgan fingerprint density at radius 3 is 1.31 bits per heavy atom. The molecule has 20 rings (SSSR count). The highest BCUT2D eigenvalue weighted by Gasteiger charge is 2.21. The quantitative estimate of drug-likeness (QED) is 0.124. The fraction of sp³-hybridized carbons (Fsp3) is 0. The minimum absolute atomic E-state index is 0.625. The zero-order valence-electron chi connectivity index (χ0n) is 54.7. The number of aromatic nitrogens is 11. The molecule has 11 nitrogen and oxygen atoms in total. The van der Waals surface area contributed by atoms with Crippen LogP contribution in [0.1, 0.15) is 0 Å². The Hall–Kier alpha value is -14.0. The fourth-order valence-corrected chi connectivity index (χ4v) is 14.4. The van der Waals surface area contributed by atoms with Crippen molar-refractivity contribution in [3.05, 3.63) is 334 Å². The molecule has 0 spiro atoms. The summed E-state index contributed by atoms with van der Waals surface area (Å²) in [6, 6.07) is 110. The van der Waals surface area contributed by atoms with Crippen molar-refractivity contribution >= 4 is 76.7 Å². The summed E-state index contributed by atoms with van der Waals surface area (Å²) >= 11 is 0. The molecule has 0 bridgehead atoms. The van der Waals surface area contributed by atoms with Gasteiger partial charge in [-0.2, -0.15) is 0 Å². The van der Waals surface area contributed by atoms with Crippen LogP contribution >= 0.6 is 0 Å². The van der Waals surface area contributed by atoms with Gasteiger partial charge in [0.25, 0.3) is 0 Å². The minimum atomic E-state index is 0.625. The summed E-state index contributed by atoms with van der Waals surface area (Å²) in [5.74, 6) is 1.28. The van der Waals surface area contributed by atoms with Crippen LogP contribution in [0.5, 0.6) is 0 Å². The zero-order chi connectivity index (χ0) is 67.2. The molecule has 0 atom stereocenters. The lowest BCUT2D eigenvalue weighted by atomic mass is 9.98. The first-order chi connectivity index (χ1) is 50.5. The van der Waals surface area contributed by atoms with Gasteiger partial charge in [0.15, 0.2) is 22.9 Å². The van der Waals surface area contributed by atoms with Crippen molar-refractivity contribution in [2.75, 3.05) is 0 Å². The first-order valence-electron chi connectivity index (χ1n) is 34.0. The molecule has 9 heterocycles. The van der Waals surface area contributed by atoms with Crippen LogP contribution in [0.15, 0.2) is 334 Å². The maximum atomic E-state index is 5.45. The maximum absolute atomic E-state index is 5.45. The summed E-state index contributed by atoms with van der Waals surface area (Å²) in [6.45, 7) is 0. The zero-order valence-corrected chi connectivity index (χ0v) is 54.7. The molecule has 0 unspecified atom stereocenters. The third-order valence-corrected chi connectivity index (χ3v) is 19.6. The molecule has 11 heteroatoms. The average molecular weight is 1300 g/mol. The number of fused-ring (bicyclic) bond motifs is 12. The molecule has 20 aromatic rings. The number of pyridine rings is 5. The molecule has 474 valence electrons. The number of rotatable bonds is 11. The molecule has 0 aliphatic carbocycles. The molecule has 0 saturated heterocycles. The summed E-state index contributed by atoms with van der Waals surface area (Å²) in [4.78, 5) is 46.6. The second-order valence-corrected chi connectivity index (χ2v) is 25.8. The van der Waals surface area contributed by atoms with Crippen LogP contribution in [-0.4, -0.2) is 53.7 Å². The molecule has 0 aliphatic rings. The molecule has 11 aromatic carbocycles. The van der Waals surface area contributed by atoms with Gasteiger partial charge in [0, 0.05) is 79.1 Å². The lowest BCUT2D eigenvalue weighted by molar-refractivity contribution is 1.16. The Bertz CT molecular complexity index is 6730. The van der Waals surface area contributed by atoms with Gasteiger partial charge in [0.2, 0.25) is 0 Å². The van der Waals surface area contributed by atoms with Gasteiger partial charge in [-0.1, -0.05) is 243 Å².